The molecule has 0 aromatic heterocycles. The van der Waals surface area contributed by atoms with Crippen molar-refractivity contribution in [2.45, 2.75) is 116 Å². The van der Waals surface area contributed by atoms with Gasteiger partial charge in [-0.3, -0.25) is 13.8 Å². The van der Waals surface area contributed by atoms with Crippen molar-refractivity contribution in [3.8, 4) is 0 Å². The van der Waals surface area contributed by atoms with E-state index >= 15 is 0 Å². The largest absolute Gasteiger partial charge is 0.472 e. The Morgan fingerprint density at radius 2 is 1.36 bits per heavy atom. The number of hydrogen-bond donors (Lipinski definition) is 3. The molecule has 8 nitrogen and oxygen atoms in total. The van der Waals surface area contributed by atoms with Gasteiger partial charge < -0.3 is 19.8 Å². The summed E-state index contributed by atoms with van der Waals surface area (Å²) in [5, 5.41) is 13.5. The normalized spacial score (nSPS) is 15.7. The van der Waals surface area contributed by atoms with Gasteiger partial charge in [0.1, 0.15) is 13.2 Å². The quantitative estimate of drug-likeness (QED) is 0.0347. The minimum Gasteiger partial charge on any atom is -0.391 e. The van der Waals surface area contributed by atoms with Gasteiger partial charge in [0.2, 0.25) is 5.91 Å². The number of phosphoric acid groups is 1. The molecule has 254 valence electrons. The van der Waals surface area contributed by atoms with Gasteiger partial charge >= 0.3 is 7.82 Å². The minimum absolute atomic E-state index is 0.0625. The van der Waals surface area contributed by atoms with Crippen LogP contribution in [-0.4, -0.2) is 73.4 Å². The maximum absolute atomic E-state index is 12.6. The summed E-state index contributed by atoms with van der Waals surface area (Å²) in [5.74, 6) is -0.193. The molecule has 0 saturated heterocycles. The van der Waals surface area contributed by atoms with E-state index in [1.807, 2.05) is 21.1 Å². The maximum atomic E-state index is 12.6. The number of nitrogens with zero attached hydrogens (tertiary/aromatic N) is 1. The molecule has 0 aliphatic rings. The lowest BCUT2D eigenvalue weighted by molar-refractivity contribution is -0.870. The van der Waals surface area contributed by atoms with Crippen LogP contribution in [0.2, 0.25) is 0 Å². The minimum atomic E-state index is -4.29. The van der Waals surface area contributed by atoms with Crippen LogP contribution in [0.25, 0.3) is 0 Å². The summed E-state index contributed by atoms with van der Waals surface area (Å²) in [6.45, 7) is 4.53. The Bertz CT molecular complexity index is 907. The van der Waals surface area contributed by atoms with E-state index in [0.29, 0.717) is 23.9 Å². The first-order valence-corrected chi connectivity index (χ1v) is 18.1. The number of quaternary nitrogens is 1. The Kier molecular flexibility index (Phi) is 26.4. The standard InChI is InChI=1S/C35H63N2O6P/c1-6-8-10-11-12-13-14-15-16-17-18-19-20-21-22-23-24-25-27-29-35(39)36-33(34(38)28-26-9-7-2)32-43-44(40,41)42-31-30-37(3,4)5/h8,10,12-13,15-16,18-19,21-22,33-34,38H,6-7,9,11,14,17,20,23-32H2,1-5H3,(H-,36,39,40,41)/p+1/b10-8-,13-12-,16-15-,19-18-,22-21-. The average molecular weight is 640 g/mol. The van der Waals surface area contributed by atoms with E-state index < -0.39 is 20.0 Å². The molecular formula is C35H64N2O6P+. The topological polar surface area (TPSA) is 105 Å². The highest BCUT2D eigenvalue weighted by molar-refractivity contribution is 7.47. The van der Waals surface area contributed by atoms with Crippen LogP contribution in [0.5, 0.6) is 0 Å². The summed E-state index contributed by atoms with van der Waals surface area (Å²) in [7, 11) is 1.57. The van der Waals surface area contributed by atoms with E-state index in [1.54, 1.807) is 0 Å². The van der Waals surface area contributed by atoms with Crippen molar-refractivity contribution >= 4 is 13.7 Å². The summed E-state index contributed by atoms with van der Waals surface area (Å²) >= 11 is 0. The van der Waals surface area contributed by atoms with Gasteiger partial charge in [-0.25, -0.2) is 4.57 Å². The number of carbonyl (C=O) groups is 1. The number of amides is 1. The highest BCUT2D eigenvalue weighted by Gasteiger charge is 2.28. The smallest absolute Gasteiger partial charge is 0.391 e. The molecule has 0 aliphatic carbocycles. The van der Waals surface area contributed by atoms with Crippen LogP contribution in [-0.2, 0) is 18.4 Å². The lowest BCUT2D eigenvalue weighted by Gasteiger charge is -2.26. The number of rotatable bonds is 28. The predicted molar refractivity (Wildman–Crippen MR) is 184 cm³/mol. The molecule has 0 saturated carbocycles. The van der Waals surface area contributed by atoms with Gasteiger partial charge in [0, 0.05) is 6.42 Å². The molecule has 0 heterocycles. The molecule has 0 bridgehead atoms. The van der Waals surface area contributed by atoms with E-state index in [2.05, 4.69) is 79.9 Å². The van der Waals surface area contributed by atoms with Crippen molar-refractivity contribution in [3.05, 3.63) is 60.8 Å². The van der Waals surface area contributed by atoms with Gasteiger partial charge in [0.15, 0.2) is 0 Å². The zero-order valence-corrected chi connectivity index (χ0v) is 29.3. The van der Waals surface area contributed by atoms with Crippen molar-refractivity contribution in [2.24, 2.45) is 0 Å². The molecule has 0 spiro atoms. The SMILES string of the molecule is CC/C=C\C/C=C\C/C=C\C/C=C\C/C=C\CCCCCC(=O)NC(COP(=O)(O)OCC[N+](C)(C)C)C(O)CCCCC. The van der Waals surface area contributed by atoms with Gasteiger partial charge in [0.05, 0.1) is 39.9 Å². The van der Waals surface area contributed by atoms with E-state index in [-0.39, 0.29) is 19.1 Å². The maximum Gasteiger partial charge on any atom is 0.472 e. The molecule has 0 radical (unpaired) electrons. The number of aliphatic hydroxyl groups excluding tert-OH is 1. The number of allylic oxidation sites excluding steroid dienone is 10. The number of aliphatic hydroxyl groups is 1. The zero-order valence-electron chi connectivity index (χ0n) is 28.4. The lowest BCUT2D eigenvalue weighted by Crippen LogP contribution is -2.46. The molecule has 44 heavy (non-hydrogen) atoms. The molecule has 0 aromatic carbocycles. The number of likely N-dealkylation sites (N-methyl/N-ethyl adjacent to an activating group) is 1. The van der Waals surface area contributed by atoms with Crippen molar-refractivity contribution in [3.63, 3.8) is 0 Å². The molecule has 0 rings (SSSR count). The third-order valence-electron chi connectivity index (χ3n) is 6.78. The number of carbonyl (C=O) groups excluding carboxylic acids is 1. The summed E-state index contributed by atoms with van der Waals surface area (Å²) in [5.41, 5.74) is 0. The fourth-order valence-corrected chi connectivity index (χ4v) is 4.80. The van der Waals surface area contributed by atoms with Crippen LogP contribution in [0.4, 0.5) is 0 Å². The zero-order chi connectivity index (χ0) is 32.9. The molecule has 0 aliphatic heterocycles. The second-order valence-corrected chi connectivity index (χ2v) is 13.6. The molecular weight excluding hydrogens is 575 g/mol. The van der Waals surface area contributed by atoms with Gasteiger partial charge in [-0.1, -0.05) is 100 Å². The van der Waals surface area contributed by atoms with Gasteiger partial charge in [-0.15, -0.1) is 0 Å². The van der Waals surface area contributed by atoms with Gasteiger partial charge in [0.25, 0.3) is 0 Å². The fraction of sp³-hybridized carbons (Fsp3) is 0.686. The van der Waals surface area contributed by atoms with E-state index in [0.717, 1.165) is 77.0 Å². The average Bonchev–Trinajstić information content (AvgIpc) is 2.95. The van der Waals surface area contributed by atoms with Crippen LogP contribution >= 0.6 is 7.82 Å². The molecule has 1 amide bonds. The first kappa shape index (κ1) is 42.2. The summed E-state index contributed by atoms with van der Waals surface area (Å²) in [6.07, 6.45) is 33.2. The van der Waals surface area contributed by atoms with Crippen molar-refractivity contribution in [1.82, 2.24) is 5.32 Å². The Morgan fingerprint density at radius 3 is 1.91 bits per heavy atom. The van der Waals surface area contributed by atoms with Crippen LogP contribution in [0, 0.1) is 0 Å². The predicted octanol–water partition coefficient (Wildman–Crippen LogP) is 7.95. The lowest BCUT2D eigenvalue weighted by atomic mass is 10.0. The van der Waals surface area contributed by atoms with E-state index in [1.165, 1.54) is 0 Å². The second kappa shape index (κ2) is 27.5. The molecule has 9 heteroatoms. The summed E-state index contributed by atoms with van der Waals surface area (Å²) in [6, 6.07) is -0.775. The second-order valence-electron chi connectivity index (χ2n) is 12.2. The van der Waals surface area contributed by atoms with Gasteiger partial charge in [-0.05, 0) is 57.8 Å². The summed E-state index contributed by atoms with van der Waals surface area (Å²) < 4.78 is 23.2. The Labute approximate surface area is 269 Å². The molecule has 3 unspecified atom stereocenters. The molecule has 3 N–H and O–H groups in total. The monoisotopic (exact) mass is 639 g/mol. The van der Waals surface area contributed by atoms with Crippen molar-refractivity contribution < 1.29 is 32.9 Å². The number of unbranched alkanes of at least 4 members (excludes halogenated alkanes) is 5. The number of phosphoric ester groups is 1. The van der Waals surface area contributed by atoms with E-state index in [9.17, 15) is 19.4 Å². The number of hydrogen-bond acceptors (Lipinski definition) is 5. The Hall–Kier alpha value is -1.80. The van der Waals surface area contributed by atoms with Crippen molar-refractivity contribution in [1.29, 1.82) is 0 Å². The third kappa shape index (κ3) is 28.9. The van der Waals surface area contributed by atoms with Crippen LogP contribution in [0.1, 0.15) is 104 Å². The van der Waals surface area contributed by atoms with Crippen LogP contribution < -0.4 is 5.32 Å². The third-order valence-corrected chi connectivity index (χ3v) is 7.76. The highest BCUT2D eigenvalue weighted by Crippen LogP contribution is 2.43. The molecule has 0 aromatic rings. The first-order chi connectivity index (χ1) is 21.0. The Morgan fingerprint density at radius 1 is 0.795 bits per heavy atom. The van der Waals surface area contributed by atoms with Crippen molar-refractivity contribution in [2.75, 3.05) is 40.9 Å². The highest BCUT2D eigenvalue weighted by atomic mass is 31.2. The number of nitrogens with one attached hydrogen (secondary N) is 1. The molecule has 0 fully saturated rings. The van der Waals surface area contributed by atoms with E-state index in [4.69, 9.17) is 9.05 Å². The van der Waals surface area contributed by atoms with Crippen LogP contribution in [0.15, 0.2) is 60.8 Å². The van der Waals surface area contributed by atoms with Crippen LogP contribution in [0.3, 0.4) is 0 Å². The Balaban J connectivity index is 4.29. The summed E-state index contributed by atoms with van der Waals surface area (Å²) in [4.78, 5) is 22.7. The molecule has 3 atom stereocenters. The first-order valence-electron chi connectivity index (χ1n) is 16.7. The fourth-order valence-electron chi connectivity index (χ4n) is 4.07. The van der Waals surface area contributed by atoms with Gasteiger partial charge in [-0.2, -0.15) is 0 Å².